The highest BCUT2D eigenvalue weighted by Crippen LogP contribution is 2.42. The van der Waals surface area contributed by atoms with Crippen LogP contribution in [0.25, 0.3) is 98.8 Å². The van der Waals surface area contributed by atoms with Gasteiger partial charge in [0.25, 0.3) is 0 Å². The minimum absolute atomic E-state index is 0.903. The van der Waals surface area contributed by atoms with E-state index in [0.717, 1.165) is 55.7 Å². The van der Waals surface area contributed by atoms with Crippen LogP contribution in [-0.4, -0.2) is 0 Å². The highest BCUT2D eigenvalue weighted by molar-refractivity contribution is 6.14. The molecule has 0 spiro atoms. The van der Waals surface area contributed by atoms with Gasteiger partial charge in [-0.3, -0.25) is 0 Å². The van der Waals surface area contributed by atoms with E-state index in [1.165, 1.54) is 60.1 Å². The Bertz CT molecular complexity index is 3630. The number of hydrogen-bond acceptors (Lipinski definition) is 2. The first-order chi connectivity index (χ1) is 30.7. The minimum atomic E-state index is 0.903. The van der Waals surface area contributed by atoms with Crippen molar-refractivity contribution in [2.45, 2.75) is 0 Å². The zero-order valence-electron chi connectivity index (χ0n) is 33.9. The molecular formula is C60H39NO. The third-order valence-corrected chi connectivity index (χ3v) is 12.4. The summed E-state index contributed by atoms with van der Waals surface area (Å²) in [4.78, 5) is 2.37. The minimum Gasteiger partial charge on any atom is -0.455 e. The lowest BCUT2D eigenvalue weighted by molar-refractivity contribution is 0.670. The summed E-state index contributed by atoms with van der Waals surface area (Å²) in [7, 11) is 0. The van der Waals surface area contributed by atoms with E-state index in [-0.39, 0.29) is 0 Å². The number of hydrogen-bond donors (Lipinski definition) is 0. The van der Waals surface area contributed by atoms with Crippen LogP contribution in [0, 0.1) is 0 Å². The molecule has 0 radical (unpaired) electrons. The smallest absolute Gasteiger partial charge is 0.143 e. The molecule has 0 bridgehead atoms. The van der Waals surface area contributed by atoms with Gasteiger partial charge in [-0.2, -0.15) is 0 Å². The van der Waals surface area contributed by atoms with E-state index in [1.807, 2.05) is 12.1 Å². The van der Waals surface area contributed by atoms with Crippen LogP contribution in [0.2, 0.25) is 0 Å². The number of benzene rings is 11. The summed E-state index contributed by atoms with van der Waals surface area (Å²) >= 11 is 0. The number of fused-ring (bicyclic) bond motifs is 7. The van der Waals surface area contributed by atoms with Crippen LogP contribution < -0.4 is 4.90 Å². The lowest BCUT2D eigenvalue weighted by atomic mass is 9.93. The van der Waals surface area contributed by atoms with Gasteiger partial charge in [0.15, 0.2) is 0 Å². The van der Waals surface area contributed by atoms with Gasteiger partial charge in [0.05, 0.1) is 0 Å². The van der Waals surface area contributed by atoms with Crippen molar-refractivity contribution in [3.63, 3.8) is 0 Å². The first kappa shape index (κ1) is 35.7. The monoisotopic (exact) mass is 789 g/mol. The zero-order valence-corrected chi connectivity index (χ0v) is 33.9. The molecule has 1 aromatic heterocycles. The summed E-state index contributed by atoms with van der Waals surface area (Å²) in [6.45, 7) is 0. The summed E-state index contributed by atoms with van der Waals surface area (Å²) in [5.74, 6) is 0. The van der Waals surface area contributed by atoms with E-state index >= 15 is 0 Å². The largest absolute Gasteiger partial charge is 0.455 e. The van der Waals surface area contributed by atoms with E-state index in [9.17, 15) is 0 Å². The second kappa shape index (κ2) is 14.8. The molecule has 0 amide bonds. The van der Waals surface area contributed by atoms with E-state index in [4.69, 9.17) is 4.42 Å². The Labute approximate surface area is 360 Å². The lowest BCUT2D eigenvalue weighted by Crippen LogP contribution is -2.10. The molecule has 0 aliphatic rings. The fourth-order valence-electron chi connectivity index (χ4n) is 9.46. The maximum atomic E-state index is 6.45. The van der Waals surface area contributed by atoms with Crippen molar-refractivity contribution in [2.75, 3.05) is 4.90 Å². The Hall–Kier alpha value is -8.20. The molecule has 1 heterocycles. The van der Waals surface area contributed by atoms with Gasteiger partial charge in [-0.25, -0.2) is 0 Å². The van der Waals surface area contributed by atoms with Crippen LogP contribution in [0.3, 0.4) is 0 Å². The maximum Gasteiger partial charge on any atom is 0.143 e. The van der Waals surface area contributed by atoms with Gasteiger partial charge in [0.2, 0.25) is 0 Å². The normalized spacial score (nSPS) is 11.5. The average molecular weight is 790 g/mol. The molecule has 12 rings (SSSR count). The fraction of sp³-hybridized carbons (Fsp3) is 0. The molecule has 0 unspecified atom stereocenters. The van der Waals surface area contributed by atoms with Crippen LogP contribution in [0.15, 0.2) is 241 Å². The van der Waals surface area contributed by atoms with Crippen molar-refractivity contribution < 1.29 is 4.42 Å². The second-order valence-corrected chi connectivity index (χ2v) is 16.1. The van der Waals surface area contributed by atoms with Crippen LogP contribution in [0.1, 0.15) is 0 Å². The van der Waals surface area contributed by atoms with Gasteiger partial charge in [-0.15, -0.1) is 0 Å². The summed E-state index contributed by atoms with van der Waals surface area (Å²) in [5.41, 5.74) is 14.4. The Morgan fingerprint density at radius 1 is 0.258 bits per heavy atom. The van der Waals surface area contributed by atoms with Gasteiger partial charge in [0, 0.05) is 33.4 Å². The Kier molecular flexibility index (Phi) is 8.53. The van der Waals surface area contributed by atoms with Crippen LogP contribution in [0.4, 0.5) is 17.1 Å². The second-order valence-electron chi connectivity index (χ2n) is 16.1. The van der Waals surface area contributed by atoms with Gasteiger partial charge in [0.1, 0.15) is 11.2 Å². The number of para-hydroxylation sites is 2. The zero-order chi connectivity index (χ0) is 41.0. The average Bonchev–Trinajstić information content (AvgIpc) is 3.73. The van der Waals surface area contributed by atoms with Crippen molar-refractivity contribution in [3.8, 4) is 44.5 Å². The number of rotatable bonds is 7. The molecule has 0 aliphatic heterocycles. The molecule has 290 valence electrons. The summed E-state index contributed by atoms with van der Waals surface area (Å²) < 4.78 is 6.45. The molecule has 12 aromatic rings. The first-order valence-electron chi connectivity index (χ1n) is 21.2. The Balaban J connectivity index is 0.971. The molecule has 2 nitrogen and oxygen atoms in total. The van der Waals surface area contributed by atoms with Crippen molar-refractivity contribution >= 4 is 71.3 Å². The van der Waals surface area contributed by atoms with E-state index < -0.39 is 0 Å². The molecule has 0 aliphatic carbocycles. The van der Waals surface area contributed by atoms with Gasteiger partial charge in [-0.1, -0.05) is 182 Å². The van der Waals surface area contributed by atoms with Crippen LogP contribution in [-0.2, 0) is 0 Å². The summed E-state index contributed by atoms with van der Waals surface area (Å²) in [6.07, 6.45) is 0. The Morgan fingerprint density at radius 2 is 0.790 bits per heavy atom. The maximum absolute atomic E-state index is 6.45. The fourth-order valence-corrected chi connectivity index (χ4v) is 9.46. The Morgan fingerprint density at radius 3 is 1.58 bits per heavy atom. The topological polar surface area (TPSA) is 16.4 Å². The quantitative estimate of drug-likeness (QED) is 0.150. The number of nitrogens with zero attached hydrogens (tertiary/aromatic N) is 1. The highest BCUT2D eigenvalue weighted by atomic mass is 16.3. The molecule has 0 saturated carbocycles. The van der Waals surface area contributed by atoms with Gasteiger partial charge >= 0.3 is 0 Å². The predicted molar refractivity (Wildman–Crippen MR) is 263 cm³/mol. The standard InChI is InChI=1S/C60H39NO/c1-3-20-50-40(13-1)15-11-25-51(50)45-18-9-16-43(37-45)44-17-10-19-49(38-44)61(47-33-29-41(30-34-47)53-26-12-27-57-56-24-7-8-28-59(56)62-60(53)57)48-35-31-42(32-36-48)58-39-46-14-2-4-21-52(46)54-22-5-6-23-55(54)58/h1-39H. The van der Waals surface area contributed by atoms with Crippen molar-refractivity contribution in [2.24, 2.45) is 0 Å². The van der Waals surface area contributed by atoms with Gasteiger partial charge in [-0.05, 0) is 126 Å². The van der Waals surface area contributed by atoms with Gasteiger partial charge < -0.3 is 9.32 Å². The molecule has 0 N–H and O–H groups in total. The molecular weight excluding hydrogens is 751 g/mol. The molecule has 11 aromatic carbocycles. The van der Waals surface area contributed by atoms with Crippen molar-refractivity contribution in [1.29, 1.82) is 0 Å². The third kappa shape index (κ3) is 6.12. The third-order valence-electron chi connectivity index (χ3n) is 12.4. The molecule has 2 heteroatoms. The summed E-state index contributed by atoms with van der Waals surface area (Å²) in [5, 5.41) is 9.80. The molecule has 0 fully saturated rings. The first-order valence-corrected chi connectivity index (χ1v) is 21.2. The number of furan rings is 1. The highest BCUT2D eigenvalue weighted by Gasteiger charge is 2.17. The van der Waals surface area contributed by atoms with Crippen molar-refractivity contribution in [1.82, 2.24) is 0 Å². The SMILES string of the molecule is c1cc(-c2cccc(N(c3ccc(-c4cc5ccccc5c5ccccc45)cc3)c3ccc(-c4cccc5c4oc4ccccc45)cc3)c2)cc(-c2cccc3ccccc23)c1. The lowest BCUT2D eigenvalue weighted by Gasteiger charge is -2.26. The van der Waals surface area contributed by atoms with Crippen LogP contribution >= 0.6 is 0 Å². The predicted octanol–water partition coefficient (Wildman–Crippen LogP) is 17.2. The molecule has 0 atom stereocenters. The summed E-state index contributed by atoms with van der Waals surface area (Å²) in [6, 6.07) is 85.5. The van der Waals surface area contributed by atoms with E-state index in [2.05, 4.69) is 229 Å². The molecule has 0 saturated heterocycles. The van der Waals surface area contributed by atoms with Crippen LogP contribution in [0.5, 0.6) is 0 Å². The number of anilines is 3. The molecule has 62 heavy (non-hydrogen) atoms. The van der Waals surface area contributed by atoms with E-state index in [1.54, 1.807) is 0 Å². The van der Waals surface area contributed by atoms with E-state index in [0.29, 0.717) is 0 Å². The van der Waals surface area contributed by atoms with Crippen molar-refractivity contribution in [3.05, 3.63) is 237 Å².